The molecule has 0 rings (SSSR count). The number of methoxy groups -OCH3 is 1. The van der Waals surface area contributed by atoms with E-state index in [0.717, 1.165) is 45.3 Å². The molecule has 0 aromatic carbocycles. The SMILES string of the molecule is CCCOCCCC(=O)CCC(=O)NC.CNC(=O)CCC(=O)CCCCCOC. The van der Waals surface area contributed by atoms with E-state index >= 15 is 0 Å². The molecule has 0 saturated heterocycles. The molecule has 30 heavy (non-hydrogen) atoms. The topological polar surface area (TPSA) is 111 Å². The number of amides is 2. The van der Waals surface area contributed by atoms with Crippen molar-refractivity contribution in [3.63, 3.8) is 0 Å². The minimum Gasteiger partial charge on any atom is -0.385 e. The molecule has 0 aromatic heterocycles. The molecule has 176 valence electrons. The maximum atomic E-state index is 11.3. The Balaban J connectivity index is 0. The summed E-state index contributed by atoms with van der Waals surface area (Å²) in [5.41, 5.74) is 0. The van der Waals surface area contributed by atoms with Gasteiger partial charge in [0.1, 0.15) is 11.6 Å². The zero-order valence-corrected chi connectivity index (χ0v) is 19.3. The molecule has 0 bridgehead atoms. The second-order valence-corrected chi connectivity index (χ2v) is 6.94. The maximum absolute atomic E-state index is 11.3. The lowest BCUT2D eigenvalue weighted by atomic mass is 10.1. The molecule has 2 amide bonds. The van der Waals surface area contributed by atoms with E-state index in [0.29, 0.717) is 45.1 Å². The summed E-state index contributed by atoms with van der Waals surface area (Å²) < 4.78 is 10.2. The van der Waals surface area contributed by atoms with Gasteiger partial charge in [0.2, 0.25) is 11.8 Å². The first-order chi connectivity index (χ1) is 14.4. The van der Waals surface area contributed by atoms with Crippen LogP contribution in [0.4, 0.5) is 0 Å². The van der Waals surface area contributed by atoms with Crippen molar-refractivity contribution in [1.82, 2.24) is 10.6 Å². The largest absolute Gasteiger partial charge is 0.385 e. The van der Waals surface area contributed by atoms with Crippen LogP contribution < -0.4 is 10.6 Å². The summed E-state index contributed by atoms with van der Waals surface area (Å²) in [7, 11) is 4.83. The zero-order chi connectivity index (χ0) is 23.0. The quantitative estimate of drug-likeness (QED) is 0.323. The van der Waals surface area contributed by atoms with Crippen LogP contribution in [0.15, 0.2) is 0 Å². The Labute approximate surface area is 181 Å². The zero-order valence-electron chi connectivity index (χ0n) is 19.3. The summed E-state index contributed by atoms with van der Waals surface area (Å²) in [4.78, 5) is 44.2. The van der Waals surface area contributed by atoms with Crippen molar-refractivity contribution < 1.29 is 28.7 Å². The average molecular weight is 431 g/mol. The minimum atomic E-state index is -0.0782. The van der Waals surface area contributed by atoms with Crippen LogP contribution in [0.25, 0.3) is 0 Å². The molecule has 8 nitrogen and oxygen atoms in total. The van der Waals surface area contributed by atoms with E-state index < -0.39 is 0 Å². The van der Waals surface area contributed by atoms with Gasteiger partial charge < -0.3 is 20.1 Å². The van der Waals surface area contributed by atoms with Gasteiger partial charge >= 0.3 is 0 Å². The van der Waals surface area contributed by atoms with Crippen molar-refractivity contribution >= 4 is 23.4 Å². The Bertz CT molecular complexity index is 427. The smallest absolute Gasteiger partial charge is 0.220 e. The highest BCUT2D eigenvalue weighted by Crippen LogP contribution is 2.04. The second kappa shape index (κ2) is 23.5. The number of hydrogen-bond donors (Lipinski definition) is 2. The van der Waals surface area contributed by atoms with Crippen molar-refractivity contribution in [2.24, 2.45) is 0 Å². The van der Waals surface area contributed by atoms with Crippen LogP contribution in [0.5, 0.6) is 0 Å². The van der Waals surface area contributed by atoms with E-state index in [-0.39, 0.29) is 23.4 Å². The summed E-state index contributed by atoms with van der Waals surface area (Å²) in [6.07, 6.45) is 7.09. The second-order valence-electron chi connectivity index (χ2n) is 6.94. The Kier molecular flexibility index (Phi) is 23.8. The standard InChI is InChI=1S/2C11H21NO3/c1-12-11(14)8-7-10(13)6-4-3-5-9-15-2;1-3-8-15-9-4-5-10(13)6-7-11(14)12-2/h2*3-9H2,1-2H3,(H,12,14). The molecule has 8 heteroatoms. The Morgan fingerprint density at radius 1 is 0.633 bits per heavy atom. The van der Waals surface area contributed by atoms with Gasteiger partial charge in [-0.3, -0.25) is 19.2 Å². The highest BCUT2D eigenvalue weighted by molar-refractivity contribution is 5.85. The molecule has 0 heterocycles. The number of ketones is 2. The predicted octanol–water partition coefficient (Wildman–Crippen LogP) is 2.58. The normalized spacial score (nSPS) is 10.0. The fourth-order valence-corrected chi connectivity index (χ4v) is 2.37. The number of unbranched alkanes of at least 4 members (excludes halogenated alkanes) is 2. The summed E-state index contributed by atoms with van der Waals surface area (Å²) in [5.74, 6) is 0.169. The highest BCUT2D eigenvalue weighted by atomic mass is 16.5. The molecular weight excluding hydrogens is 388 g/mol. The van der Waals surface area contributed by atoms with Crippen molar-refractivity contribution in [2.75, 3.05) is 41.0 Å². The molecular formula is C22H42N2O6. The lowest BCUT2D eigenvalue weighted by molar-refractivity contribution is -0.125. The predicted molar refractivity (Wildman–Crippen MR) is 117 cm³/mol. The van der Waals surface area contributed by atoms with Crippen LogP contribution >= 0.6 is 0 Å². The number of carbonyl (C=O) groups excluding carboxylic acids is 4. The third-order valence-electron chi connectivity index (χ3n) is 4.22. The number of nitrogens with one attached hydrogen (secondary N) is 2. The molecule has 2 N–H and O–H groups in total. The number of hydrogen-bond acceptors (Lipinski definition) is 6. The lowest BCUT2D eigenvalue weighted by Crippen LogP contribution is -2.18. The van der Waals surface area contributed by atoms with Crippen molar-refractivity contribution in [3.8, 4) is 0 Å². The van der Waals surface area contributed by atoms with Crippen molar-refractivity contribution in [1.29, 1.82) is 0 Å². The van der Waals surface area contributed by atoms with E-state index in [4.69, 9.17) is 9.47 Å². The summed E-state index contributed by atoms with van der Waals surface area (Å²) >= 11 is 0. The molecule has 0 spiro atoms. The fraction of sp³-hybridized carbons (Fsp3) is 0.818. The number of Topliss-reactive ketones (excluding diaryl/α,β-unsaturated/α-hetero) is 2. The van der Waals surface area contributed by atoms with Gasteiger partial charge in [-0.2, -0.15) is 0 Å². The summed E-state index contributed by atoms with van der Waals surface area (Å²) in [6, 6.07) is 0. The van der Waals surface area contributed by atoms with Gasteiger partial charge in [0.25, 0.3) is 0 Å². The molecule has 0 aliphatic rings. The average Bonchev–Trinajstić information content (AvgIpc) is 2.75. The molecule has 0 fully saturated rings. The van der Waals surface area contributed by atoms with E-state index in [1.54, 1.807) is 21.2 Å². The Morgan fingerprint density at radius 2 is 1.17 bits per heavy atom. The first-order valence-corrected chi connectivity index (χ1v) is 10.9. The van der Waals surface area contributed by atoms with Gasteiger partial charge in [0, 0.05) is 79.6 Å². The van der Waals surface area contributed by atoms with E-state index in [2.05, 4.69) is 17.6 Å². The van der Waals surface area contributed by atoms with Gasteiger partial charge in [0.05, 0.1) is 0 Å². The van der Waals surface area contributed by atoms with E-state index in [9.17, 15) is 19.2 Å². The van der Waals surface area contributed by atoms with E-state index in [1.165, 1.54) is 0 Å². The Morgan fingerprint density at radius 3 is 1.63 bits per heavy atom. The molecule has 0 unspecified atom stereocenters. The van der Waals surface area contributed by atoms with Crippen LogP contribution in [-0.4, -0.2) is 64.4 Å². The molecule has 0 aliphatic heterocycles. The van der Waals surface area contributed by atoms with Crippen molar-refractivity contribution in [3.05, 3.63) is 0 Å². The molecule has 0 atom stereocenters. The van der Waals surface area contributed by atoms with Gasteiger partial charge in [-0.15, -0.1) is 0 Å². The van der Waals surface area contributed by atoms with Crippen LogP contribution in [0.3, 0.4) is 0 Å². The number of rotatable bonds is 18. The first kappa shape index (κ1) is 30.4. The van der Waals surface area contributed by atoms with Crippen LogP contribution in [0.1, 0.15) is 77.6 Å². The molecule has 0 aromatic rings. The molecule has 0 radical (unpaired) electrons. The first-order valence-electron chi connectivity index (χ1n) is 10.9. The van der Waals surface area contributed by atoms with Crippen LogP contribution in [0, 0.1) is 0 Å². The lowest BCUT2D eigenvalue weighted by Gasteiger charge is -2.02. The minimum absolute atomic E-state index is 0.0669. The summed E-state index contributed by atoms with van der Waals surface area (Å²) in [6.45, 7) is 4.20. The van der Waals surface area contributed by atoms with Crippen molar-refractivity contribution in [2.45, 2.75) is 77.6 Å². The number of carbonyl (C=O) groups is 4. The third-order valence-corrected chi connectivity index (χ3v) is 4.22. The highest BCUT2D eigenvalue weighted by Gasteiger charge is 2.06. The molecule has 0 aliphatic carbocycles. The monoisotopic (exact) mass is 430 g/mol. The van der Waals surface area contributed by atoms with Gasteiger partial charge in [-0.1, -0.05) is 13.3 Å². The Hall–Kier alpha value is -1.80. The number of ether oxygens (including phenoxy) is 2. The maximum Gasteiger partial charge on any atom is 0.220 e. The summed E-state index contributed by atoms with van der Waals surface area (Å²) in [5, 5.41) is 4.99. The van der Waals surface area contributed by atoms with E-state index in [1.807, 2.05) is 0 Å². The van der Waals surface area contributed by atoms with Gasteiger partial charge in [-0.25, -0.2) is 0 Å². The third kappa shape index (κ3) is 24.2. The van der Waals surface area contributed by atoms with Gasteiger partial charge in [0.15, 0.2) is 0 Å². The van der Waals surface area contributed by atoms with Crippen LogP contribution in [-0.2, 0) is 28.7 Å². The fourth-order valence-electron chi connectivity index (χ4n) is 2.37. The molecule has 0 saturated carbocycles. The van der Waals surface area contributed by atoms with Crippen LogP contribution in [0.2, 0.25) is 0 Å². The van der Waals surface area contributed by atoms with Gasteiger partial charge in [-0.05, 0) is 25.7 Å².